The molecule has 0 N–H and O–H groups in total. The van der Waals surface area contributed by atoms with Crippen molar-refractivity contribution in [3.05, 3.63) is 48.5 Å². The SMILES string of the molecule is CC[Si](CC)(CC)c1nc2ccccc2c2ccccc12. The Hall–Kier alpha value is -1.67. The quantitative estimate of drug-likeness (QED) is 0.481. The average Bonchev–Trinajstić information content (AvgIpc) is 2.57. The molecule has 1 heterocycles. The fourth-order valence-electron chi connectivity index (χ4n) is 3.56. The number of aromatic nitrogens is 1. The Morgan fingerprint density at radius 3 is 1.86 bits per heavy atom. The maximum atomic E-state index is 5.15. The number of fused-ring (bicyclic) bond motifs is 3. The summed E-state index contributed by atoms with van der Waals surface area (Å²) in [6.07, 6.45) is 0. The normalized spacial score (nSPS) is 12.1. The van der Waals surface area contributed by atoms with Crippen LogP contribution in [0.15, 0.2) is 48.5 Å². The summed E-state index contributed by atoms with van der Waals surface area (Å²) in [5.74, 6) is 0. The molecule has 0 unspecified atom stereocenters. The first kappa shape index (κ1) is 14.3. The number of hydrogen-bond acceptors (Lipinski definition) is 1. The lowest BCUT2D eigenvalue weighted by atomic mass is 10.1. The van der Waals surface area contributed by atoms with Crippen molar-refractivity contribution >= 4 is 35.1 Å². The van der Waals surface area contributed by atoms with Gasteiger partial charge in [0.15, 0.2) is 0 Å². The number of nitrogens with zero attached hydrogens (tertiary/aromatic N) is 1. The number of hydrogen-bond donors (Lipinski definition) is 0. The third-order valence-corrected chi connectivity index (χ3v) is 10.6. The average molecular weight is 293 g/mol. The Morgan fingerprint density at radius 2 is 1.24 bits per heavy atom. The van der Waals surface area contributed by atoms with Crippen LogP contribution in [0.5, 0.6) is 0 Å². The molecule has 1 nitrogen and oxygen atoms in total. The number of benzene rings is 2. The summed E-state index contributed by atoms with van der Waals surface area (Å²) >= 11 is 0. The second-order valence-electron chi connectivity index (χ2n) is 5.86. The van der Waals surface area contributed by atoms with E-state index in [1.807, 2.05) is 0 Å². The maximum Gasteiger partial charge on any atom is 0.110 e. The van der Waals surface area contributed by atoms with Gasteiger partial charge in [0, 0.05) is 10.7 Å². The smallest absolute Gasteiger partial charge is 0.110 e. The highest BCUT2D eigenvalue weighted by atomic mass is 28.3. The Bertz CT molecular complexity index is 766. The molecule has 108 valence electrons. The van der Waals surface area contributed by atoms with Crippen molar-refractivity contribution in [1.29, 1.82) is 0 Å². The highest BCUT2D eigenvalue weighted by Crippen LogP contribution is 2.28. The predicted molar refractivity (Wildman–Crippen MR) is 96.1 cm³/mol. The van der Waals surface area contributed by atoms with Gasteiger partial charge in [0.1, 0.15) is 8.07 Å². The van der Waals surface area contributed by atoms with E-state index in [-0.39, 0.29) is 0 Å². The van der Waals surface area contributed by atoms with Gasteiger partial charge in [0.05, 0.1) is 5.52 Å². The summed E-state index contributed by atoms with van der Waals surface area (Å²) in [4.78, 5) is 5.15. The fourth-order valence-corrected chi connectivity index (χ4v) is 7.21. The van der Waals surface area contributed by atoms with Gasteiger partial charge in [-0.2, -0.15) is 0 Å². The molecule has 21 heavy (non-hydrogen) atoms. The Kier molecular flexibility index (Phi) is 3.81. The number of para-hydroxylation sites is 1. The molecule has 1 aromatic heterocycles. The third-order valence-electron chi connectivity index (χ3n) is 5.14. The van der Waals surface area contributed by atoms with Crippen LogP contribution in [0.2, 0.25) is 18.1 Å². The third kappa shape index (κ3) is 2.18. The molecule has 0 aliphatic heterocycles. The van der Waals surface area contributed by atoms with Gasteiger partial charge in [0.2, 0.25) is 0 Å². The molecule has 0 amide bonds. The van der Waals surface area contributed by atoms with Crippen LogP contribution < -0.4 is 5.32 Å². The molecule has 0 atom stereocenters. The highest BCUT2D eigenvalue weighted by molar-refractivity contribution is 6.92. The minimum absolute atomic E-state index is 1.15. The number of rotatable bonds is 4. The first-order valence-electron chi connectivity index (χ1n) is 8.03. The summed E-state index contributed by atoms with van der Waals surface area (Å²) in [7, 11) is -1.49. The predicted octanol–water partition coefficient (Wildman–Crippen LogP) is 5.10. The van der Waals surface area contributed by atoms with Gasteiger partial charge in [-0.15, -0.1) is 0 Å². The second-order valence-corrected chi connectivity index (χ2v) is 11.0. The van der Waals surface area contributed by atoms with Gasteiger partial charge in [0.25, 0.3) is 0 Å². The molecule has 2 aromatic carbocycles. The van der Waals surface area contributed by atoms with E-state index in [1.54, 1.807) is 0 Å². The summed E-state index contributed by atoms with van der Waals surface area (Å²) in [6.45, 7) is 7.06. The van der Waals surface area contributed by atoms with Crippen molar-refractivity contribution in [1.82, 2.24) is 4.98 Å². The van der Waals surface area contributed by atoms with Crippen LogP contribution in [0.3, 0.4) is 0 Å². The van der Waals surface area contributed by atoms with E-state index in [0.717, 1.165) is 5.52 Å². The Labute approximate surface area is 128 Å². The van der Waals surface area contributed by atoms with Gasteiger partial charge in [-0.1, -0.05) is 81.4 Å². The van der Waals surface area contributed by atoms with E-state index in [0.29, 0.717) is 0 Å². The molecule has 0 fully saturated rings. The van der Waals surface area contributed by atoms with E-state index in [9.17, 15) is 0 Å². The van der Waals surface area contributed by atoms with Crippen LogP contribution in [-0.2, 0) is 0 Å². The van der Waals surface area contributed by atoms with Crippen molar-refractivity contribution in [2.45, 2.75) is 38.9 Å². The Morgan fingerprint density at radius 1 is 0.714 bits per heavy atom. The number of pyridine rings is 1. The largest absolute Gasteiger partial charge is 0.257 e. The Balaban J connectivity index is 2.45. The fraction of sp³-hybridized carbons (Fsp3) is 0.316. The first-order valence-corrected chi connectivity index (χ1v) is 10.7. The monoisotopic (exact) mass is 293 g/mol. The molecule has 0 aliphatic rings. The molecule has 2 heteroatoms. The summed E-state index contributed by atoms with van der Waals surface area (Å²) in [5, 5.41) is 5.45. The molecular weight excluding hydrogens is 270 g/mol. The highest BCUT2D eigenvalue weighted by Gasteiger charge is 2.32. The van der Waals surface area contributed by atoms with Crippen molar-refractivity contribution in [2.75, 3.05) is 0 Å². The van der Waals surface area contributed by atoms with Crippen molar-refractivity contribution < 1.29 is 0 Å². The summed E-state index contributed by atoms with van der Waals surface area (Å²) in [6, 6.07) is 21.2. The summed E-state index contributed by atoms with van der Waals surface area (Å²) < 4.78 is 0. The van der Waals surface area contributed by atoms with Crippen LogP contribution in [0, 0.1) is 0 Å². The summed E-state index contributed by atoms with van der Waals surface area (Å²) in [5.41, 5.74) is 1.15. The van der Waals surface area contributed by atoms with Crippen LogP contribution in [0.1, 0.15) is 20.8 Å². The molecule has 0 radical (unpaired) electrons. The molecule has 0 aliphatic carbocycles. The molecule has 0 spiro atoms. The minimum atomic E-state index is -1.49. The topological polar surface area (TPSA) is 12.9 Å². The van der Waals surface area contributed by atoms with Crippen molar-refractivity contribution in [2.24, 2.45) is 0 Å². The van der Waals surface area contributed by atoms with Gasteiger partial charge >= 0.3 is 0 Å². The maximum absolute atomic E-state index is 5.15. The molecular formula is C19H23NSi. The lowest BCUT2D eigenvalue weighted by molar-refractivity contribution is 1.18. The van der Waals surface area contributed by atoms with Gasteiger partial charge < -0.3 is 0 Å². The van der Waals surface area contributed by atoms with E-state index in [2.05, 4.69) is 69.3 Å². The zero-order valence-electron chi connectivity index (χ0n) is 13.2. The van der Waals surface area contributed by atoms with Gasteiger partial charge in [-0.3, -0.25) is 4.98 Å². The minimum Gasteiger partial charge on any atom is -0.257 e. The van der Waals surface area contributed by atoms with E-state index < -0.39 is 8.07 Å². The molecule has 0 saturated heterocycles. The first-order chi connectivity index (χ1) is 10.3. The standard InChI is InChI=1S/C19H23NSi/c1-4-21(5-2,6-3)19-17-13-8-7-11-15(17)16-12-9-10-14-18(16)20-19/h7-14H,4-6H2,1-3H3. The van der Waals surface area contributed by atoms with Crippen LogP contribution in [0.25, 0.3) is 21.7 Å². The zero-order valence-corrected chi connectivity index (χ0v) is 14.2. The second kappa shape index (κ2) is 5.61. The molecule has 3 rings (SSSR count). The lowest BCUT2D eigenvalue weighted by Crippen LogP contribution is -2.48. The zero-order chi connectivity index (χ0) is 14.9. The van der Waals surface area contributed by atoms with Crippen LogP contribution in [-0.4, -0.2) is 13.1 Å². The molecule has 0 saturated carbocycles. The van der Waals surface area contributed by atoms with E-state index in [4.69, 9.17) is 4.98 Å². The van der Waals surface area contributed by atoms with Crippen LogP contribution >= 0.6 is 0 Å². The van der Waals surface area contributed by atoms with Gasteiger partial charge in [-0.05, 0) is 16.8 Å². The van der Waals surface area contributed by atoms with Crippen molar-refractivity contribution in [3.63, 3.8) is 0 Å². The lowest BCUT2D eigenvalue weighted by Gasteiger charge is -2.29. The molecule has 0 bridgehead atoms. The molecule has 3 aromatic rings. The van der Waals surface area contributed by atoms with E-state index >= 15 is 0 Å². The van der Waals surface area contributed by atoms with Crippen LogP contribution in [0.4, 0.5) is 0 Å². The van der Waals surface area contributed by atoms with E-state index in [1.165, 1.54) is 39.6 Å². The van der Waals surface area contributed by atoms with Crippen molar-refractivity contribution in [3.8, 4) is 0 Å². The van der Waals surface area contributed by atoms with Gasteiger partial charge in [-0.25, -0.2) is 0 Å².